The molecule has 0 amide bonds. The lowest BCUT2D eigenvalue weighted by atomic mass is 9.96. The van der Waals surface area contributed by atoms with Gasteiger partial charge in [-0.15, -0.1) is 0 Å². The van der Waals surface area contributed by atoms with E-state index < -0.39 is 5.60 Å². The summed E-state index contributed by atoms with van der Waals surface area (Å²) in [5.41, 5.74) is 0.888. The van der Waals surface area contributed by atoms with E-state index in [1.165, 1.54) is 0 Å². The van der Waals surface area contributed by atoms with E-state index in [1.54, 1.807) is 13.1 Å². The van der Waals surface area contributed by atoms with Crippen molar-refractivity contribution in [2.24, 2.45) is 0 Å². The molecule has 1 atom stereocenters. The molecule has 0 aliphatic heterocycles. The molecule has 20 heavy (non-hydrogen) atoms. The second-order valence-corrected chi connectivity index (χ2v) is 6.13. The lowest BCUT2D eigenvalue weighted by molar-refractivity contribution is 0.0698. The van der Waals surface area contributed by atoms with Crippen LogP contribution in [0.25, 0.3) is 0 Å². The van der Waals surface area contributed by atoms with Crippen LogP contribution >= 0.6 is 15.9 Å². The molecule has 5 heteroatoms. The van der Waals surface area contributed by atoms with Crippen LogP contribution in [0.3, 0.4) is 0 Å². The third-order valence-electron chi connectivity index (χ3n) is 3.28. The van der Waals surface area contributed by atoms with Gasteiger partial charge in [-0.05, 0) is 61.3 Å². The van der Waals surface area contributed by atoms with Crippen molar-refractivity contribution in [2.45, 2.75) is 33.3 Å². The second kappa shape index (κ2) is 5.58. The van der Waals surface area contributed by atoms with Gasteiger partial charge in [-0.25, -0.2) is 4.98 Å². The Morgan fingerprint density at radius 3 is 2.60 bits per heavy atom. The molecular formula is C15H19BrN2O2. The van der Waals surface area contributed by atoms with E-state index in [-0.39, 0.29) is 0 Å². The van der Waals surface area contributed by atoms with Gasteiger partial charge in [0.15, 0.2) is 0 Å². The van der Waals surface area contributed by atoms with E-state index in [1.807, 2.05) is 32.9 Å². The monoisotopic (exact) mass is 338 g/mol. The van der Waals surface area contributed by atoms with Gasteiger partial charge >= 0.3 is 0 Å². The van der Waals surface area contributed by atoms with Gasteiger partial charge in [0.2, 0.25) is 0 Å². The molecule has 1 unspecified atom stereocenters. The number of furan rings is 1. The van der Waals surface area contributed by atoms with Crippen LogP contribution in [0.15, 0.2) is 27.2 Å². The van der Waals surface area contributed by atoms with Crippen LogP contribution in [0.4, 0.5) is 5.82 Å². The van der Waals surface area contributed by atoms with Crippen LogP contribution in [-0.2, 0) is 5.60 Å². The topological polar surface area (TPSA) is 58.3 Å². The molecule has 2 rings (SSSR count). The molecule has 0 saturated heterocycles. The first-order valence-electron chi connectivity index (χ1n) is 6.45. The zero-order chi connectivity index (χ0) is 14.9. The average Bonchev–Trinajstić information content (AvgIpc) is 2.71. The van der Waals surface area contributed by atoms with Crippen molar-refractivity contribution in [3.63, 3.8) is 0 Å². The number of nitrogens with one attached hydrogen (secondary N) is 1. The normalized spacial score (nSPS) is 14.1. The van der Waals surface area contributed by atoms with Crippen molar-refractivity contribution < 1.29 is 9.52 Å². The quantitative estimate of drug-likeness (QED) is 0.892. The minimum atomic E-state index is -1.01. The summed E-state index contributed by atoms with van der Waals surface area (Å²) in [5.74, 6) is 2.29. The van der Waals surface area contributed by atoms with Gasteiger partial charge in [0, 0.05) is 22.8 Å². The minimum absolute atomic E-state index is 0.362. The summed E-state index contributed by atoms with van der Waals surface area (Å²) in [6, 6.07) is 3.81. The summed E-state index contributed by atoms with van der Waals surface area (Å²) in [6.45, 7) is 7.86. The number of aromatic nitrogens is 1. The lowest BCUT2D eigenvalue weighted by Crippen LogP contribution is -2.31. The van der Waals surface area contributed by atoms with Crippen molar-refractivity contribution in [1.82, 2.24) is 4.98 Å². The first-order chi connectivity index (χ1) is 9.29. The standard InChI is InChI=1S/C15H19BrN2O2/c1-9-5-14(17-7-13(9)16)18-8-15(4,19)12-6-10(2)20-11(12)3/h5-7,19H,8H2,1-4H3,(H,17,18). The molecule has 0 bridgehead atoms. The van der Waals surface area contributed by atoms with E-state index >= 15 is 0 Å². The summed E-state index contributed by atoms with van der Waals surface area (Å²) in [6.07, 6.45) is 1.75. The third kappa shape index (κ3) is 3.22. The predicted molar refractivity (Wildman–Crippen MR) is 82.9 cm³/mol. The Kier molecular flexibility index (Phi) is 4.20. The maximum absolute atomic E-state index is 10.6. The number of hydrogen-bond acceptors (Lipinski definition) is 4. The van der Waals surface area contributed by atoms with E-state index in [4.69, 9.17) is 4.42 Å². The first-order valence-corrected chi connectivity index (χ1v) is 7.25. The van der Waals surface area contributed by atoms with Crippen LogP contribution in [0.5, 0.6) is 0 Å². The number of aliphatic hydroxyl groups is 1. The Morgan fingerprint density at radius 2 is 2.05 bits per heavy atom. The molecule has 0 aliphatic carbocycles. The third-order valence-corrected chi connectivity index (χ3v) is 4.11. The molecule has 108 valence electrons. The average molecular weight is 339 g/mol. The van der Waals surface area contributed by atoms with Gasteiger partial charge in [0.05, 0.1) is 0 Å². The fourth-order valence-corrected chi connectivity index (χ4v) is 2.38. The summed E-state index contributed by atoms with van der Waals surface area (Å²) in [7, 11) is 0. The van der Waals surface area contributed by atoms with Crippen molar-refractivity contribution in [1.29, 1.82) is 0 Å². The van der Waals surface area contributed by atoms with Gasteiger partial charge < -0.3 is 14.8 Å². The number of hydrogen-bond donors (Lipinski definition) is 2. The van der Waals surface area contributed by atoms with Crippen molar-refractivity contribution in [3.05, 3.63) is 45.4 Å². The van der Waals surface area contributed by atoms with E-state index in [0.717, 1.165) is 32.9 Å². The number of pyridine rings is 1. The number of rotatable bonds is 4. The molecular weight excluding hydrogens is 320 g/mol. The van der Waals surface area contributed by atoms with Gasteiger partial charge in [-0.1, -0.05) is 0 Å². The van der Waals surface area contributed by atoms with Gasteiger partial charge in [-0.2, -0.15) is 0 Å². The van der Waals surface area contributed by atoms with Gasteiger partial charge in [0.25, 0.3) is 0 Å². The molecule has 0 aromatic carbocycles. The molecule has 2 aromatic rings. The Bertz CT molecular complexity index is 620. The zero-order valence-corrected chi connectivity index (χ0v) is 13.7. The Hall–Kier alpha value is -1.33. The lowest BCUT2D eigenvalue weighted by Gasteiger charge is -2.23. The van der Waals surface area contributed by atoms with E-state index in [0.29, 0.717) is 6.54 Å². The fourth-order valence-electron chi connectivity index (χ4n) is 2.16. The molecule has 0 fully saturated rings. The zero-order valence-electron chi connectivity index (χ0n) is 12.1. The molecule has 2 heterocycles. The van der Waals surface area contributed by atoms with Gasteiger partial charge in [-0.3, -0.25) is 0 Å². The number of aryl methyl sites for hydroxylation is 3. The maximum Gasteiger partial charge on any atom is 0.126 e. The largest absolute Gasteiger partial charge is 0.466 e. The minimum Gasteiger partial charge on any atom is -0.466 e. The van der Waals surface area contributed by atoms with Crippen molar-refractivity contribution in [2.75, 3.05) is 11.9 Å². The van der Waals surface area contributed by atoms with Crippen molar-refractivity contribution in [3.8, 4) is 0 Å². The van der Waals surface area contributed by atoms with E-state index in [2.05, 4.69) is 26.2 Å². The van der Waals surface area contributed by atoms with Crippen molar-refractivity contribution >= 4 is 21.7 Å². The fraction of sp³-hybridized carbons (Fsp3) is 0.400. The highest BCUT2D eigenvalue weighted by Crippen LogP contribution is 2.27. The number of nitrogens with zero attached hydrogens (tertiary/aromatic N) is 1. The molecule has 4 nitrogen and oxygen atoms in total. The SMILES string of the molecule is Cc1cc(C(C)(O)CNc2cc(C)c(Br)cn2)c(C)o1. The highest BCUT2D eigenvalue weighted by Gasteiger charge is 2.27. The van der Waals surface area contributed by atoms with Gasteiger partial charge in [0.1, 0.15) is 22.9 Å². The second-order valence-electron chi connectivity index (χ2n) is 5.27. The molecule has 0 spiro atoms. The summed E-state index contributed by atoms with van der Waals surface area (Å²) < 4.78 is 6.45. The number of halogens is 1. The molecule has 2 aromatic heterocycles. The number of anilines is 1. The Morgan fingerprint density at radius 1 is 1.35 bits per heavy atom. The molecule has 0 radical (unpaired) electrons. The molecule has 0 saturated carbocycles. The van der Waals surface area contributed by atoms with Crippen LogP contribution in [0.1, 0.15) is 29.6 Å². The highest BCUT2D eigenvalue weighted by molar-refractivity contribution is 9.10. The highest BCUT2D eigenvalue weighted by atomic mass is 79.9. The summed E-state index contributed by atoms with van der Waals surface area (Å²) in [5, 5.41) is 13.8. The van der Waals surface area contributed by atoms with Crippen LogP contribution < -0.4 is 5.32 Å². The summed E-state index contributed by atoms with van der Waals surface area (Å²) in [4.78, 5) is 4.27. The Balaban J connectivity index is 2.12. The van der Waals surface area contributed by atoms with Crippen LogP contribution in [0, 0.1) is 20.8 Å². The first kappa shape index (κ1) is 15.1. The summed E-state index contributed by atoms with van der Waals surface area (Å²) >= 11 is 3.42. The molecule has 0 aliphatic rings. The smallest absolute Gasteiger partial charge is 0.126 e. The van der Waals surface area contributed by atoms with Crippen LogP contribution in [0.2, 0.25) is 0 Å². The van der Waals surface area contributed by atoms with E-state index in [9.17, 15) is 5.11 Å². The molecule has 2 N–H and O–H groups in total. The predicted octanol–water partition coefficient (Wildman–Crippen LogP) is 3.68. The van der Waals surface area contributed by atoms with Crippen LogP contribution in [-0.4, -0.2) is 16.6 Å². The Labute approximate surface area is 127 Å². The maximum atomic E-state index is 10.6.